The van der Waals surface area contributed by atoms with Gasteiger partial charge in [-0.2, -0.15) is 0 Å². The van der Waals surface area contributed by atoms with Crippen molar-refractivity contribution in [2.45, 2.75) is 52.0 Å². The largest absolute Gasteiger partial charge is 0.314 e. The first-order valence-electron chi connectivity index (χ1n) is 7.16. The Morgan fingerprint density at radius 2 is 2.22 bits per heavy atom. The lowest BCUT2D eigenvalue weighted by Crippen LogP contribution is -2.41. The highest BCUT2D eigenvalue weighted by Gasteiger charge is 2.28. The molecule has 0 spiro atoms. The molecule has 1 N–H and O–H groups in total. The molecule has 1 aliphatic carbocycles. The fraction of sp³-hybridized carbons (Fsp3) is 0.733. The van der Waals surface area contributed by atoms with E-state index in [4.69, 9.17) is 0 Å². The van der Waals surface area contributed by atoms with E-state index in [2.05, 4.69) is 47.2 Å². The van der Waals surface area contributed by atoms with Crippen LogP contribution in [0.15, 0.2) is 15.9 Å². The number of halogens is 1. The van der Waals surface area contributed by atoms with Gasteiger partial charge in [-0.25, -0.2) is 0 Å². The smallest absolute Gasteiger partial charge is 0.0701 e. The van der Waals surface area contributed by atoms with Gasteiger partial charge in [0.2, 0.25) is 0 Å². The van der Waals surface area contributed by atoms with Gasteiger partial charge in [-0.1, -0.05) is 13.8 Å². The maximum absolute atomic E-state index is 3.76. The van der Waals surface area contributed by atoms with Gasteiger partial charge in [0.1, 0.15) is 0 Å². The van der Waals surface area contributed by atoms with Gasteiger partial charge in [0.05, 0.1) is 3.79 Å². The third-order valence-electron chi connectivity index (χ3n) is 3.99. The second kappa shape index (κ2) is 7.06. The molecule has 1 nitrogen and oxygen atoms in total. The molecule has 0 saturated heterocycles. The van der Waals surface area contributed by atoms with Crippen LogP contribution < -0.4 is 5.32 Å². The predicted octanol–water partition coefficient (Wildman–Crippen LogP) is 4.86. The second-order valence-corrected chi connectivity index (χ2v) is 8.20. The van der Waals surface area contributed by atoms with Crippen molar-refractivity contribution in [3.8, 4) is 0 Å². The molecule has 1 aromatic rings. The minimum Gasteiger partial charge on any atom is -0.314 e. The molecular formula is C15H24BrNS. The Balaban J connectivity index is 1.96. The highest BCUT2D eigenvalue weighted by molar-refractivity contribution is 9.11. The van der Waals surface area contributed by atoms with Gasteiger partial charge in [-0.05, 0) is 78.5 Å². The third-order valence-corrected chi connectivity index (χ3v) is 5.64. The van der Waals surface area contributed by atoms with Crippen LogP contribution in [-0.2, 0) is 6.42 Å². The van der Waals surface area contributed by atoms with Gasteiger partial charge in [0, 0.05) is 10.9 Å². The van der Waals surface area contributed by atoms with Crippen LogP contribution in [0.1, 0.15) is 44.4 Å². The Morgan fingerprint density at radius 3 is 2.89 bits per heavy atom. The van der Waals surface area contributed by atoms with Gasteiger partial charge in [0.15, 0.2) is 0 Å². The van der Waals surface area contributed by atoms with Crippen LogP contribution in [0.25, 0.3) is 0 Å². The van der Waals surface area contributed by atoms with Crippen LogP contribution in [0, 0.1) is 11.8 Å². The molecule has 1 aromatic heterocycles. The van der Waals surface area contributed by atoms with Crippen molar-refractivity contribution in [2.75, 3.05) is 6.54 Å². The Bertz CT molecular complexity index is 361. The maximum Gasteiger partial charge on any atom is 0.0701 e. The minimum absolute atomic E-state index is 0.738. The van der Waals surface area contributed by atoms with E-state index >= 15 is 0 Å². The normalized spacial score (nSPS) is 28.5. The van der Waals surface area contributed by atoms with E-state index in [-0.39, 0.29) is 0 Å². The SMILES string of the molecule is CCCNC1CCC(C)CC1Cc1ccc(Br)s1. The van der Waals surface area contributed by atoms with Gasteiger partial charge in [0.25, 0.3) is 0 Å². The van der Waals surface area contributed by atoms with Crippen molar-refractivity contribution in [1.29, 1.82) is 0 Å². The average molecular weight is 330 g/mol. The lowest BCUT2D eigenvalue weighted by Gasteiger charge is -2.35. The molecule has 18 heavy (non-hydrogen) atoms. The summed E-state index contributed by atoms with van der Waals surface area (Å²) in [5, 5.41) is 3.76. The van der Waals surface area contributed by atoms with Crippen LogP contribution in [0.4, 0.5) is 0 Å². The van der Waals surface area contributed by atoms with Crippen molar-refractivity contribution >= 4 is 27.3 Å². The number of hydrogen-bond donors (Lipinski definition) is 1. The monoisotopic (exact) mass is 329 g/mol. The predicted molar refractivity (Wildman–Crippen MR) is 84.3 cm³/mol. The van der Waals surface area contributed by atoms with Gasteiger partial charge in [-0.3, -0.25) is 0 Å². The molecule has 1 fully saturated rings. The summed E-state index contributed by atoms with van der Waals surface area (Å²) < 4.78 is 1.26. The van der Waals surface area contributed by atoms with Crippen molar-refractivity contribution in [3.05, 3.63) is 20.8 Å². The average Bonchev–Trinajstić information content (AvgIpc) is 2.74. The Morgan fingerprint density at radius 1 is 1.39 bits per heavy atom. The number of rotatable bonds is 5. The molecule has 3 heteroatoms. The number of nitrogens with one attached hydrogen (secondary N) is 1. The summed E-state index contributed by atoms with van der Waals surface area (Å²) in [6, 6.07) is 5.20. The van der Waals surface area contributed by atoms with Crippen LogP contribution in [0.5, 0.6) is 0 Å². The zero-order valence-electron chi connectivity index (χ0n) is 11.4. The summed E-state index contributed by atoms with van der Waals surface area (Å²) in [4.78, 5) is 1.53. The van der Waals surface area contributed by atoms with E-state index in [0.29, 0.717) is 0 Å². The van der Waals surface area contributed by atoms with Crippen LogP contribution in [-0.4, -0.2) is 12.6 Å². The quantitative estimate of drug-likeness (QED) is 0.813. The highest BCUT2D eigenvalue weighted by Crippen LogP contribution is 2.33. The Hall–Kier alpha value is 0.140. The lowest BCUT2D eigenvalue weighted by atomic mass is 9.77. The molecule has 102 valence electrons. The molecule has 0 aromatic carbocycles. The van der Waals surface area contributed by atoms with E-state index in [1.165, 1.54) is 47.3 Å². The summed E-state index contributed by atoms with van der Waals surface area (Å²) >= 11 is 5.47. The standard InChI is InChI=1S/C15H24BrNS/c1-3-8-17-14-6-4-11(2)9-12(14)10-13-5-7-15(16)18-13/h5,7,11-12,14,17H,3-4,6,8-10H2,1-2H3. The van der Waals surface area contributed by atoms with E-state index < -0.39 is 0 Å². The van der Waals surface area contributed by atoms with Crippen LogP contribution >= 0.6 is 27.3 Å². The summed E-state index contributed by atoms with van der Waals surface area (Å²) in [6.07, 6.45) is 6.63. The van der Waals surface area contributed by atoms with Crippen molar-refractivity contribution in [2.24, 2.45) is 11.8 Å². The number of thiophene rings is 1. The molecule has 1 saturated carbocycles. The molecule has 3 unspecified atom stereocenters. The third kappa shape index (κ3) is 4.07. The Labute approximate surface area is 123 Å². The van der Waals surface area contributed by atoms with Crippen molar-refractivity contribution in [1.82, 2.24) is 5.32 Å². The summed E-state index contributed by atoms with van der Waals surface area (Å²) in [7, 11) is 0. The van der Waals surface area contributed by atoms with E-state index in [9.17, 15) is 0 Å². The fourth-order valence-electron chi connectivity index (χ4n) is 3.04. The van der Waals surface area contributed by atoms with E-state index in [0.717, 1.165) is 17.9 Å². The molecular weight excluding hydrogens is 306 g/mol. The molecule has 1 aliphatic rings. The highest BCUT2D eigenvalue weighted by atomic mass is 79.9. The van der Waals surface area contributed by atoms with E-state index in [1.54, 1.807) is 0 Å². The first-order valence-corrected chi connectivity index (χ1v) is 8.77. The number of hydrogen-bond acceptors (Lipinski definition) is 2. The molecule has 2 rings (SSSR count). The summed E-state index contributed by atoms with van der Waals surface area (Å²) in [5.41, 5.74) is 0. The van der Waals surface area contributed by atoms with Crippen LogP contribution in [0.3, 0.4) is 0 Å². The first-order chi connectivity index (χ1) is 8.69. The molecule has 0 radical (unpaired) electrons. The van der Waals surface area contributed by atoms with Crippen molar-refractivity contribution < 1.29 is 0 Å². The zero-order valence-corrected chi connectivity index (χ0v) is 13.8. The van der Waals surface area contributed by atoms with Gasteiger partial charge < -0.3 is 5.32 Å². The second-order valence-electron chi connectivity index (χ2n) is 5.65. The molecule has 3 atom stereocenters. The fourth-order valence-corrected chi connectivity index (χ4v) is 4.62. The maximum atomic E-state index is 3.76. The van der Waals surface area contributed by atoms with Gasteiger partial charge >= 0.3 is 0 Å². The van der Waals surface area contributed by atoms with Gasteiger partial charge in [-0.15, -0.1) is 11.3 Å². The Kier molecular flexibility index (Phi) is 5.71. The molecule has 0 aliphatic heterocycles. The molecule has 0 amide bonds. The topological polar surface area (TPSA) is 12.0 Å². The first kappa shape index (κ1) is 14.5. The summed E-state index contributed by atoms with van der Waals surface area (Å²) in [5.74, 6) is 1.73. The van der Waals surface area contributed by atoms with E-state index in [1.807, 2.05) is 11.3 Å². The molecule has 0 bridgehead atoms. The minimum atomic E-state index is 0.738. The van der Waals surface area contributed by atoms with Crippen molar-refractivity contribution in [3.63, 3.8) is 0 Å². The zero-order chi connectivity index (χ0) is 13.0. The molecule has 1 heterocycles. The lowest BCUT2D eigenvalue weighted by molar-refractivity contribution is 0.213. The van der Waals surface area contributed by atoms with Crippen LogP contribution in [0.2, 0.25) is 0 Å². The summed E-state index contributed by atoms with van der Waals surface area (Å²) in [6.45, 7) is 5.83.